The predicted molar refractivity (Wildman–Crippen MR) is 106 cm³/mol. The molecule has 2 aromatic carbocycles. The number of hydrogen-bond acceptors (Lipinski definition) is 5. The van der Waals surface area contributed by atoms with Crippen molar-refractivity contribution in [2.45, 2.75) is 25.3 Å². The van der Waals surface area contributed by atoms with Crippen LogP contribution in [0.1, 0.15) is 28.6 Å². The van der Waals surface area contributed by atoms with Crippen LogP contribution in [0.2, 0.25) is 0 Å². The summed E-state index contributed by atoms with van der Waals surface area (Å²) in [6, 6.07) is 19.8. The van der Waals surface area contributed by atoms with E-state index < -0.39 is 0 Å². The number of benzene rings is 2. The van der Waals surface area contributed by atoms with Gasteiger partial charge in [0.15, 0.2) is 0 Å². The maximum atomic E-state index is 5.16. The van der Waals surface area contributed by atoms with E-state index in [-0.39, 0.29) is 0 Å². The second-order valence-electron chi connectivity index (χ2n) is 6.58. The Bertz CT molecular complexity index is 849. The highest BCUT2D eigenvalue weighted by atomic mass is 32.1. The number of aromatic nitrogens is 2. The number of ether oxygens (including phenoxy) is 1. The number of nitrogens with zero attached hydrogens (tertiary/aromatic N) is 3. The molecule has 134 valence electrons. The molecule has 5 heteroatoms. The minimum atomic E-state index is 0.297. The maximum absolute atomic E-state index is 5.16. The lowest BCUT2D eigenvalue weighted by atomic mass is 9.89. The number of hydrogen-bond donors (Lipinski definition) is 0. The van der Waals surface area contributed by atoms with Gasteiger partial charge < -0.3 is 9.64 Å². The molecular formula is C21H23N3OS. The number of fused-ring (bicyclic) bond motifs is 1. The zero-order chi connectivity index (χ0) is 17.8. The Hall–Kier alpha value is -2.24. The van der Waals surface area contributed by atoms with Gasteiger partial charge in [0, 0.05) is 31.6 Å². The SMILES string of the molecule is COCCc1nsc(N2CCc3ccccc3C2Cc2ccccc2)n1. The van der Waals surface area contributed by atoms with Crippen LogP contribution >= 0.6 is 11.5 Å². The third-order valence-electron chi connectivity index (χ3n) is 4.92. The van der Waals surface area contributed by atoms with Crippen molar-refractivity contribution in [3.8, 4) is 0 Å². The van der Waals surface area contributed by atoms with Gasteiger partial charge in [0.1, 0.15) is 5.82 Å². The second-order valence-corrected chi connectivity index (χ2v) is 7.31. The molecule has 26 heavy (non-hydrogen) atoms. The van der Waals surface area contributed by atoms with Gasteiger partial charge in [-0.05, 0) is 29.5 Å². The molecule has 3 aromatic rings. The van der Waals surface area contributed by atoms with Crippen LogP contribution < -0.4 is 4.90 Å². The molecule has 0 bridgehead atoms. The van der Waals surface area contributed by atoms with Crippen LogP contribution in [-0.4, -0.2) is 29.6 Å². The van der Waals surface area contributed by atoms with E-state index in [0.29, 0.717) is 12.6 Å². The van der Waals surface area contributed by atoms with Gasteiger partial charge in [-0.1, -0.05) is 54.6 Å². The molecule has 1 aliphatic rings. The van der Waals surface area contributed by atoms with Crippen molar-refractivity contribution in [1.29, 1.82) is 0 Å². The van der Waals surface area contributed by atoms with Crippen molar-refractivity contribution in [2.24, 2.45) is 0 Å². The van der Waals surface area contributed by atoms with Crippen molar-refractivity contribution < 1.29 is 4.74 Å². The lowest BCUT2D eigenvalue weighted by molar-refractivity contribution is 0.201. The molecule has 0 amide bonds. The van der Waals surface area contributed by atoms with Crippen LogP contribution in [0.25, 0.3) is 0 Å². The van der Waals surface area contributed by atoms with Gasteiger partial charge >= 0.3 is 0 Å². The molecule has 0 saturated heterocycles. The first-order valence-electron chi connectivity index (χ1n) is 9.05. The van der Waals surface area contributed by atoms with Gasteiger partial charge in [-0.25, -0.2) is 4.98 Å². The molecule has 0 spiro atoms. The quantitative estimate of drug-likeness (QED) is 0.660. The maximum Gasteiger partial charge on any atom is 0.205 e. The zero-order valence-electron chi connectivity index (χ0n) is 15.0. The highest BCUT2D eigenvalue weighted by molar-refractivity contribution is 7.09. The summed E-state index contributed by atoms with van der Waals surface area (Å²) in [6.07, 6.45) is 2.79. The highest BCUT2D eigenvalue weighted by Crippen LogP contribution is 2.36. The summed E-state index contributed by atoms with van der Waals surface area (Å²) in [7, 11) is 1.71. The minimum absolute atomic E-state index is 0.297. The summed E-state index contributed by atoms with van der Waals surface area (Å²) < 4.78 is 9.69. The van der Waals surface area contributed by atoms with Crippen LogP contribution in [0.5, 0.6) is 0 Å². The monoisotopic (exact) mass is 365 g/mol. The van der Waals surface area contributed by atoms with Crippen LogP contribution in [0.15, 0.2) is 54.6 Å². The van der Waals surface area contributed by atoms with Crippen molar-refractivity contribution in [2.75, 3.05) is 25.2 Å². The molecule has 0 aliphatic carbocycles. The molecule has 1 aliphatic heterocycles. The Morgan fingerprint density at radius 3 is 2.77 bits per heavy atom. The van der Waals surface area contributed by atoms with E-state index in [1.807, 2.05) is 0 Å². The van der Waals surface area contributed by atoms with E-state index in [0.717, 1.165) is 36.8 Å². The fraction of sp³-hybridized carbons (Fsp3) is 0.333. The first-order chi connectivity index (χ1) is 12.8. The molecule has 4 nitrogen and oxygen atoms in total. The molecule has 0 N–H and O–H groups in total. The molecule has 2 heterocycles. The largest absolute Gasteiger partial charge is 0.384 e. The van der Waals surface area contributed by atoms with Crippen molar-refractivity contribution >= 4 is 16.7 Å². The predicted octanol–water partition coefficient (Wildman–Crippen LogP) is 4.07. The van der Waals surface area contributed by atoms with Crippen LogP contribution in [0.4, 0.5) is 5.13 Å². The van der Waals surface area contributed by atoms with Crippen LogP contribution in [0, 0.1) is 0 Å². The number of anilines is 1. The Balaban J connectivity index is 1.65. The minimum Gasteiger partial charge on any atom is -0.384 e. The zero-order valence-corrected chi connectivity index (χ0v) is 15.8. The lowest BCUT2D eigenvalue weighted by Crippen LogP contribution is -2.36. The summed E-state index contributed by atoms with van der Waals surface area (Å²) in [5.41, 5.74) is 4.22. The first kappa shape index (κ1) is 17.2. The standard InChI is InChI=1S/C21H23N3OS/c1-25-14-12-20-22-21(26-23-20)24-13-11-17-9-5-6-10-18(17)19(24)15-16-7-3-2-4-8-16/h2-10,19H,11-15H2,1H3. The van der Waals surface area contributed by atoms with E-state index in [1.165, 1.54) is 28.2 Å². The molecule has 0 radical (unpaired) electrons. The van der Waals surface area contributed by atoms with Gasteiger partial charge in [0.25, 0.3) is 0 Å². The van der Waals surface area contributed by atoms with E-state index >= 15 is 0 Å². The Labute approximate surface area is 158 Å². The molecule has 1 unspecified atom stereocenters. The van der Waals surface area contributed by atoms with Crippen molar-refractivity contribution in [1.82, 2.24) is 9.36 Å². The molecule has 0 saturated carbocycles. The molecular weight excluding hydrogens is 342 g/mol. The molecule has 4 rings (SSSR count). The normalized spacial score (nSPS) is 16.5. The van der Waals surface area contributed by atoms with E-state index in [2.05, 4.69) is 63.9 Å². The van der Waals surface area contributed by atoms with E-state index in [1.54, 1.807) is 7.11 Å². The Kier molecular flexibility index (Phi) is 5.27. The van der Waals surface area contributed by atoms with E-state index in [4.69, 9.17) is 9.72 Å². The highest BCUT2D eigenvalue weighted by Gasteiger charge is 2.29. The summed E-state index contributed by atoms with van der Waals surface area (Å²) in [5.74, 6) is 0.879. The van der Waals surface area contributed by atoms with Gasteiger partial charge in [-0.2, -0.15) is 4.37 Å². The Morgan fingerprint density at radius 1 is 1.12 bits per heavy atom. The van der Waals surface area contributed by atoms with Gasteiger partial charge in [-0.3, -0.25) is 0 Å². The van der Waals surface area contributed by atoms with Crippen molar-refractivity contribution in [3.63, 3.8) is 0 Å². The average Bonchev–Trinajstić information content (AvgIpc) is 3.16. The number of methoxy groups -OCH3 is 1. The van der Waals surface area contributed by atoms with E-state index in [9.17, 15) is 0 Å². The van der Waals surface area contributed by atoms with Crippen molar-refractivity contribution in [3.05, 3.63) is 77.1 Å². The summed E-state index contributed by atoms with van der Waals surface area (Å²) in [5, 5.41) is 1.02. The fourth-order valence-electron chi connectivity index (χ4n) is 3.59. The van der Waals surface area contributed by atoms with Gasteiger partial charge in [0.2, 0.25) is 5.13 Å². The lowest BCUT2D eigenvalue weighted by Gasteiger charge is -2.37. The van der Waals surface area contributed by atoms with Crippen LogP contribution in [0.3, 0.4) is 0 Å². The molecule has 0 fully saturated rings. The third kappa shape index (κ3) is 3.64. The Morgan fingerprint density at radius 2 is 1.92 bits per heavy atom. The molecule has 1 atom stereocenters. The van der Waals surface area contributed by atoms with Crippen LogP contribution in [-0.2, 0) is 24.0 Å². The van der Waals surface area contributed by atoms with Gasteiger partial charge in [0.05, 0.1) is 12.6 Å². The van der Waals surface area contributed by atoms with Gasteiger partial charge in [-0.15, -0.1) is 0 Å². The number of rotatable bonds is 6. The summed E-state index contributed by atoms with van der Waals surface area (Å²) >= 11 is 1.50. The average molecular weight is 366 g/mol. The smallest absolute Gasteiger partial charge is 0.205 e. The fourth-order valence-corrected chi connectivity index (χ4v) is 4.38. The summed E-state index contributed by atoms with van der Waals surface area (Å²) in [6.45, 7) is 1.64. The first-order valence-corrected chi connectivity index (χ1v) is 9.82. The molecule has 1 aromatic heterocycles. The summed E-state index contributed by atoms with van der Waals surface area (Å²) in [4.78, 5) is 7.22. The second kappa shape index (κ2) is 7.98. The third-order valence-corrected chi connectivity index (χ3v) is 5.71. The topological polar surface area (TPSA) is 38.2 Å².